The summed E-state index contributed by atoms with van der Waals surface area (Å²) in [5.74, 6) is -1.15. The molecule has 19 heavy (non-hydrogen) atoms. The van der Waals surface area contributed by atoms with Crippen LogP contribution in [0.2, 0.25) is 0 Å². The van der Waals surface area contributed by atoms with E-state index in [-0.39, 0.29) is 11.7 Å². The number of hydrogen-bond donors (Lipinski definition) is 1. The van der Waals surface area contributed by atoms with Crippen LogP contribution in [0.25, 0.3) is 0 Å². The zero-order valence-corrected chi connectivity index (χ0v) is 11.0. The van der Waals surface area contributed by atoms with Gasteiger partial charge in [0.05, 0.1) is 13.0 Å². The summed E-state index contributed by atoms with van der Waals surface area (Å²) in [6, 6.07) is 6.86. The van der Waals surface area contributed by atoms with E-state index in [4.69, 9.17) is 4.74 Å². The van der Waals surface area contributed by atoms with E-state index in [0.29, 0.717) is 24.2 Å². The quantitative estimate of drug-likeness (QED) is 0.847. The SMILES string of the molecule is COc1ccc(C(=O)[C@H]2CCCC[C@@H]2C(=O)O)cc1. The van der Waals surface area contributed by atoms with Gasteiger partial charge >= 0.3 is 5.97 Å². The lowest BCUT2D eigenvalue weighted by Gasteiger charge is -2.27. The summed E-state index contributed by atoms with van der Waals surface area (Å²) in [6.45, 7) is 0. The van der Waals surface area contributed by atoms with E-state index in [0.717, 1.165) is 12.8 Å². The number of ether oxygens (including phenoxy) is 1. The second kappa shape index (κ2) is 5.87. The van der Waals surface area contributed by atoms with Crippen molar-refractivity contribution in [2.45, 2.75) is 25.7 Å². The minimum absolute atomic E-state index is 0.0604. The molecule has 0 unspecified atom stereocenters. The molecule has 0 aromatic heterocycles. The average Bonchev–Trinajstić information content (AvgIpc) is 2.46. The van der Waals surface area contributed by atoms with Crippen LogP contribution in [-0.2, 0) is 4.79 Å². The third-order valence-electron chi connectivity index (χ3n) is 3.79. The highest BCUT2D eigenvalue weighted by atomic mass is 16.5. The van der Waals surface area contributed by atoms with Crippen LogP contribution in [0.3, 0.4) is 0 Å². The number of carbonyl (C=O) groups is 2. The zero-order chi connectivity index (χ0) is 13.8. The predicted octanol–water partition coefficient (Wildman–Crippen LogP) is 2.77. The Bertz CT molecular complexity index is 464. The number of hydrogen-bond acceptors (Lipinski definition) is 3. The Balaban J connectivity index is 2.18. The lowest BCUT2D eigenvalue weighted by atomic mass is 9.75. The summed E-state index contributed by atoms with van der Waals surface area (Å²) in [4.78, 5) is 23.6. The monoisotopic (exact) mass is 262 g/mol. The van der Waals surface area contributed by atoms with Crippen LogP contribution in [0.4, 0.5) is 0 Å². The smallest absolute Gasteiger partial charge is 0.307 e. The van der Waals surface area contributed by atoms with Gasteiger partial charge in [-0.25, -0.2) is 0 Å². The minimum Gasteiger partial charge on any atom is -0.497 e. The first-order valence-electron chi connectivity index (χ1n) is 6.54. The maximum atomic E-state index is 12.4. The molecule has 102 valence electrons. The van der Waals surface area contributed by atoms with Crippen molar-refractivity contribution in [1.82, 2.24) is 0 Å². The first kappa shape index (κ1) is 13.6. The Kier molecular flexibility index (Phi) is 4.20. The molecule has 1 aliphatic rings. The standard InChI is InChI=1S/C15H18O4/c1-19-11-8-6-10(7-9-11)14(16)12-4-2-3-5-13(12)15(17)18/h6-9,12-13H,2-5H2,1H3,(H,17,18)/t12-,13-/m0/s1. The van der Waals surface area contributed by atoms with E-state index >= 15 is 0 Å². The highest BCUT2D eigenvalue weighted by Gasteiger charge is 2.35. The average molecular weight is 262 g/mol. The maximum absolute atomic E-state index is 12.4. The molecule has 0 radical (unpaired) electrons. The van der Waals surface area contributed by atoms with Gasteiger partial charge in [-0.15, -0.1) is 0 Å². The molecule has 0 aliphatic heterocycles. The fourth-order valence-electron chi connectivity index (χ4n) is 2.71. The number of benzene rings is 1. The number of ketones is 1. The maximum Gasteiger partial charge on any atom is 0.307 e. The summed E-state index contributed by atoms with van der Waals surface area (Å²) in [5, 5.41) is 9.21. The molecule has 0 amide bonds. The zero-order valence-electron chi connectivity index (χ0n) is 11.0. The molecule has 1 aliphatic carbocycles. The van der Waals surface area contributed by atoms with E-state index in [1.165, 1.54) is 0 Å². The van der Waals surface area contributed by atoms with Crippen molar-refractivity contribution in [2.24, 2.45) is 11.8 Å². The van der Waals surface area contributed by atoms with Gasteiger partial charge in [-0.2, -0.15) is 0 Å². The third kappa shape index (κ3) is 2.95. The molecular weight excluding hydrogens is 244 g/mol. The van der Waals surface area contributed by atoms with Gasteiger partial charge in [0.15, 0.2) is 5.78 Å². The summed E-state index contributed by atoms with van der Waals surface area (Å²) < 4.78 is 5.05. The largest absolute Gasteiger partial charge is 0.497 e. The van der Waals surface area contributed by atoms with Crippen molar-refractivity contribution < 1.29 is 19.4 Å². The van der Waals surface area contributed by atoms with Gasteiger partial charge in [0.1, 0.15) is 5.75 Å². The van der Waals surface area contributed by atoms with Crippen LogP contribution in [-0.4, -0.2) is 24.0 Å². The number of aliphatic carboxylic acids is 1. The highest BCUT2D eigenvalue weighted by Crippen LogP contribution is 2.33. The molecule has 0 heterocycles. The Labute approximate surface area is 112 Å². The van der Waals surface area contributed by atoms with Gasteiger partial charge < -0.3 is 9.84 Å². The fraction of sp³-hybridized carbons (Fsp3) is 0.467. The summed E-state index contributed by atoms with van der Waals surface area (Å²) in [5.41, 5.74) is 0.568. The first-order valence-corrected chi connectivity index (χ1v) is 6.54. The summed E-state index contributed by atoms with van der Waals surface area (Å²) in [7, 11) is 1.57. The molecule has 1 fully saturated rings. The summed E-state index contributed by atoms with van der Waals surface area (Å²) >= 11 is 0. The molecule has 4 nitrogen and oxygen atoms in total. The van der Waals surface area contributed by atoms with Gasteiger partial charge in [0.25, 0.3) is 0 Å². The van der Waals surface area contributed by atoms with Gasteiger partial charge in [0, 0.05) is 11.5 Å². The van der Waals surface area contributed by atoms with Crippen molar-refractivity contribution >= 4 is 11.8 Å². The lowest BCUT2D eigenvalue weighted by molar-refractivity contribution is -0.144. The van der Waals surface area contributed by atoms with E-state index in [9.17, 15) is 14.7 Å². The first-order chi connectivity index (χ1) is 9.13. The Hall–Kier alpha value is -1.84. The lowest BCUT2D eigenvalue weighted by Crippen LogP contribution is -2.32. The van der Waals surface area contributed by atoms with E-state index < -0.39 is 11.9 Å². The molecule has 2 rings (SSSR count). The number of carboxylic acid groups (broad SMARTS) is 1. The molecule has 1 aromatic rings. The molecule has 0 bridgehead atoms. The molecule has 2 atom stereocenters. The second-order valence-electron chi connectivity index (χ2n) is 4.93. The molecule has 4 heteroatoms. The van der Waals surface area contributed by atoms with Gasteiger partial charge in [0.2, 0.25) is 0 Å². The number of Topliss-reactive ketones (excluding diaryl/α,β-unsaturated/α-hetero) is 1. The van der Waals surface area contributed by atoms with Gasteiger partial charge in [-0.1, -0.05) is 12.8 Å². The number of methoxy groups -OCH3 is 1. The normalized spacial score (nSPS) is 22.8. The van der Waals surface area contributed by atoms with Gasteiger partial charge in [-0.3, -0.25) is 9.59 Å². The topological polar surface area (TPSA) is 63.6 Å². The highest BCUT2D eigenvalue weighted by molar-refractivity contribution is 6.00. The molecule has 1 N–H and O–H groups in total. The van der Waals surface area contributed by atoms with Crippen molar-refractivity contribution in [1.29, 1.82) is 0 Å². The van der Waals surface area contributed by atoms with E-state index in [1.54, 1.807) is 31.4 Å². The predicted molar refractivity (Wildman–Crippen MR) is 70.4 cm³/mol. The van der Waals surface area contributed by atoms with E-state index in [1.807, 2.05) is 0 Å². The Morgan fingerprint density at radius 2 is 1.68 bits per heavy atom. The summed E-state index contributed by atoms with van der Waals surface area (Å²) in [6.07, 6.45) is 3.09. The van der Waals surface area contributed by atoms with Crippen LogP contribution in [0, 0.1) is 11.8 Å². The molecule has 1 aromatic carbocycles. The third-order valence-corrected chi connectivity index (χ3v) is 3.79. The van der Waals surface area contributed by atoms with Gasteiger partial charge in [-0.05, 0) is 37.1 Å². The van der Waals surface area contributed by atoms with Crippen molar-refractivity contribution in [3.05, 3.63) is 29.8 Å². The van der Waals surface area contributed by atoms with Crippen LogP contribution in [0.1, 0.15) is 36.0 Å². The Morgan fingerprint density at radius 1 is 1.11 bits per heavy atom. The van der Waals surface area contributed by atoms with Crippen molar-refractivity contribution in [3.63, 3.8) is 0 Å². The van der Waals surface area contributed by atoms with Crippen molar-refractivity contribution in [2.75, 3.05) is 7.11 Å². The molecule has 0 spiro atoms. The molecule has 0 saturated heterocycles. The Morgan fingerprint density at radius 3 is 2.21 bits per heavy atom. The second-order valence-corrected chi connectivity index (χ2v) is 4.93. The molecular formula is C15H18O4. The number of rotatable bonds is 4. The van der Waals surface area contributed by atoms with Crippen LogP contribution in [0.5, 0.6) is 5.75 Å². The number of carbonyl (C=O) groups excluding carboxylic acids is 1. The fourth-order valence-corrected chi connectivity index (χ4v) is 2.71. The van der Waals surface area contributed by atoms with Crippen molar-refractivity contribution in [3.8, 4) is 5.75 Å². The van der Waals surface area contributed by atoms with Crippen LogP contribution in [0.15, 0.2) is 24.3 Å². The van der Waals surface area contributed by atoms with Crippen LogP contribution >= 0.6 is 0 Å². The molecule has 1 saturated carbocycles. The number of carboxylic acids is 1. The van der Waals surface area contributed by atoms with Crippen LogP contribution < -0.4 is 4.74 Å². The van der Waals surface area contributed by atoms with E-state index in [2.05, 4.69) is 0 Å². The minimum atomic E-state index is -0.855.